The summed E-state index contributed by atoms with van der Waals surface area (Å²) in [5.74, 6) is 1.92. The number of hydrogen-bond donors (Lipinski definition) is 0. The number of halogens is 1. The van der Waals surface area contributed by atoms with Gasteiger partial charge in [0.1, 0.15) is 11.5 Å². The van der Waals surface area contributed by atoms with Crippen molar-refractivity contribution in [2.24, 2.45) is 0 Å². The molecule has 3 heteroatoms. The van der Waals surface area contributed by atoms with Crippen LogP contribution in [0.15, 0.2) is 53.1 Å². The normalized spacial score (nSPS) is 12.5. The zero-order valence-corrected chi connectivity index (χ0v) is 13.7. The van der Waals surface area contributed by atoms with Gasteiger partial charge in [0.15, 0.2) is 0 Å². The smallest absolute Gasteiger partial charge is 0.126 e. The minimum atomic E-state index is 0.113. The number of hydrogen-bond acceptors (Lipinski definition) is 2. The molecule has 1 aromatic heterocycles. The van der Waals surface area contributed by atoms with Crippen molar-refractivity contribution in [1.29, 1.82) is 0 Å². The number of rotatable bonds is 4. The third-order valence-electron chi connectivity index (χ3n) is 3.78. The molecule has 0 aliphatic heterocycles. The Balaban J connectivity index is 2.17. The molecule has 21 heavy (non-hydrogen) atoms. The Labute approximate surface area is 132 Å². The molecule has 3 aromatic rings. The van der Waals surface area contributed by atoms with Crippen LogP contribution in [0.25, 0.3) is 10.8 Å². The fourth-order valence-electron chi connectivity index (χ4n) is 2.72. The van der Waals surface area contributed by atoms with Crippen LogP contribution in [0.5, 0.6) is 5.75 Å². The molecule has 0 radical (unpaired) electrons. The summed E-state index contributed by atoms with van der Waals surface area (Å²) in [7, 11) is 1.71. The second-order valence-electron chi connectivity index (χ2n) is 4.92. The fraction of sp³-hybridized carbons (Fsp3) is 0.222. The summed E-state index contributed by atoms with van der Waals surface area (Å²) in [5, 5.41) is 2.32. The number of ether oxygens (including phenoxy) is 1. The molecule has 0 aliphatic carbocycles. The van der Waals surface area contributed by atoms with Crippen molar-refractivity contribution in [1.82, 2.24) is 0 Å². The first-order valence-corrected chi connectivity index (χ1v) is 7.93. The van der Waals surface area contributed by atoms with Gasteiger partial charge >= 0.3 is 0 Å². The van der Waals surface area contributed by atoms with E-state index in [1.165, 1.54) is 16.5 Å². The molecule has 108 valence electrons. The number of aryl methyl sites for hydroxylation is 1. The van der Waals surface area contributed by atoms with E-state index in [-0.39, 0.29) is 4.83 Å². The van der Waals surface area contributed by atoms with Crippen LogP contribution in [-0.2, 0) is 6.42 Å². The highest BCUT2D eigenvalue weighted by atomic mass is 79.9. The molecule has 0 aliphatic rings. The molecule has 0 saturated carbocycles. The Morgan fingerprint density at radius 1 is 1.05 bits per heavy atom. The highest BCUT2D eigenvalue weighted by Gasteiger charge is 2.19. The van der Waals surface area contributed by atoms with Crippen molar-refractivity contribution >= 4 is 26.7 Å². The fourth-order valence-corrected chi connectivity index (χ4v) is 3.53. The van der Waals surface area contributed by atoms with Gasteiger partial charge in [0, 0.05) is 17.4 Å². The minimum Gasteiger partial charge on any atom is -0.496 e. The molecule has 0 saturated heterocycles. The number of furan rings is 1. The van der Waals surface area contributed by atoms with Gasteiger partial charge in [0.05, 0.1) is 18.2 Å². The first-order valence-electron chi connectivity index (χ1n) is 7.02. The van der Waals surface area contributed by atoms with Gasteiger partial charge in [-0.3, -0.25) is 0 Å². The van der Waals surface area contributed by atoms with Gasteiger partial charge in [-0.05, 0) is 23.1 Å². The average molecular weight is 345 g/mol. The van der Waals surface area contributed by atoms with Crippen LogP contribution in [-0.4, -0.2) is 7.11 Å². The van der Waals surface area contributed by atoms with Crippen LogP contribution >= 0.6 is 15.9 Å². The number of fused-ring (bicyclic) bond motifs is 1. The maximum atomic E-state index is 5.56. The Kier molecular flexibility index (Phi) is 4.02. The highest BCUT2D eigenvalue weighted by Crippen LogP contribution is 2.39. The molecule has 1 atom stereocenters. The Morgan fingerprint density at radius 2 is 1.81 bits per heavy atom. The molecule has 0 N–H and O–H groups in total. The van der Waals surface area contributed by atoms with Crippen LogP contribution in [0.2, 0.25) is 0 Å². The largest absolute Gasteiger partial charge is 0.496 e. The third kappa shape index (κ3) is 2.46. The van der Waals surface area contributed by atoms with E-state index in [1.54, 1.807) is 13.4 Å². The summed E-state index contributed by atoms with van der Waals surface area (Å²) in [4.78, 5) is 0.113. The molecule has 0 fully saturated rings. The maximum Gasteiger partial charge on any atom is 0.126 e. The van der Waals surface area contributed by atoms with Crippen molar-refractivity contribution in [3.63, 3.8) is 0 Å². The Bertz CT molecular complexity index is 761. The minimum absolute atomic E-state index is 0.113. The predicted molar refractivity (Wildman–Crippen MR) is 89.4 cm³/mol. The predicted octanol–water partition coefficient (Wildman–Crippen LogP) is 5.49. The molecule has 0 bridgehead atoms. The van der Waals surface area contributed by atoms with Crippen molar-refractivity contribution in [3.8, 4) is 5.75 Å². The first-order chi connectivity index (χ1) is 10.3. The SMILES string of the molecule is CCc1occc1C(Br)c1ccc(OC)c2ccccc12. The molecule has 2 nitrogen and oxygen atoms in total. The monoisotopic (exact) mass is 344 g/mol. The van der Waals surface area contributed by atoms with Crippen LogP contribution in [0.3, 0.4) is 0 Å². The lowest BCUT2D eigenvalue weighted by molar-refractivity contribution is 0.419. The van der Waals surface area contributed by atoms with Crippen molar-refractivity contribution in [2.45, 2.75) is 18.2 Å². The van der Waals surface area contributed by atoms with Gasteiger partial charge in [-0.15, -0.1) is 0 Å². The van der Waals surface area contributed by atoms with Crippen LogP contribution < -0.4 is 4.74 Å². The van der Waals surface area contributed by atoms with E-state index < -0.39 is 0 Å². The molecule has 1 heterocycles. The van der Waals surface area contributed by atoms with Gasteiger partial charge < -0.3 is 9.15 Å². The second kappa shape index (κ2) is 5.94. The van der Waals surface area contributed by atoms with Crippen LogP contribution in [0.4, 0.5) is 0 Å². The van der Waals surface area contributed by atoms with Gasteiger partial charge in [0.2, 0.25) is 0 Å². The summed E-state index contributed by atoms with van der Waals surface area (Å²) in [6.45, 7) is 2.11. The highest BCUT2D eigenvalue weighted by molar-refractivity contribution is 9.09. The molecular weight excluding hydrogens is 328 g/mol. The molecule has 1 unspecified atom stereocenters. The first kappa shape index (κ1) is 14.2. The van der Waals surface area contributed by atoms with Crippen LogP contribution in [0, 0.1) is 0 Å². The van der Waals surface area contributed by atoms with Gasteiger partial charge in [0.25, 0.3) is 0 Å². The number of alkyl halides is 1. The number of benzene rings is 2. The van der Waals surface area contributed by atoms with E-state index in [2.05, 4.69) is 47.1 Å². The maximum absolute atomic E-state index is 5.56. The average Bonchev–Trinajstić information content (AvgIpc) is 3.01. The Hall–Kier alpha value is -1.74. The molecule has 3 rings (SSSR count). The summed E-state index contributed by atoms with van der Waals surface area (Å²) >= 11 is 3.83. The molecular formula is C18H17BrO2. The summed E-state index contributed by atoms with van der Waals surface area (Å²) in [6, 6.07) is 14.5. The van der Waals surface area contributed by atoms with E-state index in [0.717, 1.165) is 23.3 Å². The van der Waals surface area contributed by atoms with Gasteiger partial charge in [-0.2, -0.15) is 0 Å². The van der Waals surface area contributed by atoms with Crippen molar-refractivity contribution in [3.05, 3.63) is 65.6 Å². The van der Waals surface area contributed by atoms with E-state index >= 15 is 0 Å². The lowest BCUT2D eigenvalue weighted by Crippen LogP contribution is -1.97. The van der Waals surface area contributed by atoms with Crippen molar-refractivity contribution in [2.75, 3.05) is 7.11 Å². The van der Waals surface area contributed by atoms with Crippen molar-refractivity contribution < 1.29 is 9.15 Å². The van der Waals surface area contributed by atoms with E-state index in [1.807, 2.05) is 18.2 Å². The van der Waals surface area contributed by atoms with E-state index in [4.69, 9.17) is 9.15 Å². The topological polar surface area (TPSA) is 22.4 Å². The summed E-state index contributed by atoms with van der Waals surface area (Å²) in [6.07, 6.45) is 2.65. The lowest BCUT2D eigenvalue weighted by Gasteiger charge is -2.15. The molecule has 0 spiro atoms. The zero-order chi connectivity index (χ0) is 14.8. The molecule has 2 aromatic carbocycles. The standard InChI is InChI=1S/C18H17BrO2/c1-3-16-15(10-11-21-16)18(19)14-8-9-17(20-2)13-7-5-4-6-12(13)14/h4-11,18H,3H2,1-2H3. The number of methoxy groups -OCH3 is 1. The quantitative estimate of drug-likeness (QED) is 0.584. The van der Waals surface area contributed by atoms with E-state index in [9.17, 15) is 0 Å². The van der Waals surface area contributed by atoms with Crippen LogP contribution in [0.1, 0.15) is 28.6 Å². The summed E-state index contributed by atoms with van der Waals surface area (Å²) < 4.78 is 11.0. The summed E-state index contributed by atoms with van der Waals surface area (Å²) in [5.41, 5.74) is 2.41. The third-order valence-corrected chi connectivity index (χ3v) is 4.77. The van der Waals surface area contributed by atoms with Gasteiger partial charge in [-0.1, -0.05) is 53.2 Å². The Morgan fingerprint density at radius 3 is 2.52 bits per heavy atom. The zero-order valence-electron chi connectivity index (χ0n) is 12.1. The van der Waals surface area contributed by atoms with E-state index in [0.29, 0.717) is 0 Å². The lowest BCUT2D eigenvalue weighted by atomic mass is 9.97. The second-order valence-corrected chi connectivity index (χ2v) is 5.83. The molecule has 0 amide bonds. The van der Waals surface area contributed by atoms with Gasteiger partial charge in [-0.25, -0.2) is 0 Å².